The summed E-state index contributed by atoms with van der Waals surface area (Å²) in [5.41, 5.74) is 0.786. The monoisotopic (exact) mass is 267 g/mol. The van der Waals surface area contributed by atoms with Gasteiger partial charge in [0.25, 0.3) is 0 Å². The average Bonchev–Trinajstić information content (AvgIpc) is 2.96. The van der Waals surface area contributed by atoms with Crippen molar-refractivity contribution in [3.05, 3.63) is 23.6 Å². The Labute approximate surface area is 105 Å². The molecule has 0 aliphatic rings. The quantitative estimate of drug-likeness (QED) is 0.771. The molecule has 3 heterocycles. The second-order valence-corrected chi connectivity index (χ2v) is 5.17. The lowest BCUT2D eigenvalue weighted by Crippen LogP contribution is -1.95. The molecule has 0 spiro atoms. The predicted molar refractivity (Wildman–Crippen MR) is 64.1 cm³/mol. The molecule has 3 aromatic heterocycles. The molecule has 0 radical (unpaired) electrons. The van der Waals surface area contributed by atoms with Crippen LogP contribution in [-0.2, 0) is 13.7 Å². The Bertz CT molecular complexity index is 655. The first-order chi connectivity index (χ1) is 8.29. The first kappa shape index (κ1) is 10.8. The minimum atomic E-state index is -0.0436. The molecule has 0 aromatic carbocycles. The van der Waals surface area contributed by atoms with Crippen molar-refractivity contribution in [1.29, 1.82) is 0 Å². The first-order valence-electron chi connectivity index (χ1n) is 4.86. The van der Waals surface area contributed by atoms with Gasteiger partial charge in [-0.2, -0.15) is 5.10 Å². The Kier molecular flexibility index (Phi) is 2.61. The van der Waals surface area contributed by atoms with Crippen LogP contribution in [0.2, 0.25) is 0 Å². The van der Waals surface area contributed by atoms with Crippen molar-refractivity contribution in [2.24, 2.45) is 7.05 Å². The molecule has 0 bridgehead atoms. The number of thiazole rings is 1. The molecule has 8 heteroatoms. The average molecular weight is 267 g/mol. The summed E-state index contributed by atoms with van der Waals surface area (Å²) in [6.45, 7) is -0.0436. The zero-order chi connectivity index (χ0) is 11.8. The molecule has 0 aliphatic heterocycles. The number of fused-ring (bicyclic) bond motifs is 1. The van der Waals surface area contributed by atoms with Gasteiger partial charge in [-0.3, -0.25) is 4.40 Å². The van der Waals surface area contributed by atoms with Crippen molar-refractivity contribution in [2.75, 3.05) is 0 Å². The van der Waals surface area contributed by atoms with E-state index in [9.17, 15) is 5.11 Å². The van der Waals surface area contributed by atoms with E-state index >= 15 is 0 Å². The molecule has 6 nitrogen and oxygen atoms in total. The third kappa shape index (κ3) is 1.74. The van der Waals surface area contributed by atoms with Gasteiger partial charge in [0.2, 0.25) is 0 Å². The molecule has 3 aromatic rings. The summed E-state index contributed by atoms with van der Waals surface area (Å²) in [5.74, 6) is 0. The van der Waals surface area contributed by atoms with E-state index in [1.54, 1.807) is 4.68 Å². The highest BCUT2D eigenvalue weighted by molar-refractivity contribution is 7.99. The largest absolute Gasteiger partial charge is 0.390 e. The summed E-state index contributed by atoms with van der Waals surface area (Å²) in [4.78, 5) is 9.46. The van der Waals surface area contributed by atoms with Crippen LogP contribution in [0.25, 0.3) is 4.96 Å². The van der Waals surface area contributed by atoms with Gasteiger partial charge in [0, 0.05) is 18.6 Å². The highest BCUT2D eigenvalue weighted by Gasteiger charge is 2.15. The molecule has 0 atom stereocenters. The van der Waals surface area contributed by atoms with Crippen LogP contribution in [-0.4, -0.2) is 29.3 Å². The molecule has 1 N–H and O–H groups in total. The van der Waals surface area contributed by atoms with Gasteiger partial charge < -0.3 is 5.11 Å². The smallest absolute Gasteiger partial charge is 0.195 e. The summed E-state index contributed by atoms with van der Waals surface area (Å²) < 4.78 is 3.57. The Morgan fingerprint density at radius 2 is 2.41 bits per heavy atom. The first-order valence-corrected chi connectivity index (χ1v) is 6.56. The highest BCUT2D eigenvalue weighted by Crippen LogP contribution is 2.30. The standard InChI is InChI=1S/C9H9N5OS2/c1-13-8(10-5-11-13)17-7-6(4-15)14-2-3-16-9(14)12-7/h2-3,5,15H,4H2,1H3. The van der Waals surface area contributed by atoms with Gasteiger partial charge in [0.15, 0.2) is 10.1 Å². The minimum Gasteiger partial charge on any atom is -0.390 e. The van der Waals surface area contributed by atoms with E-state index in [1.165, 1.54) is 29.4 Å². The molecule has 0 aliphatic carbocycles. The van der Waals surface area contributed by atoms with Crippen LogP contribution < -0.4 is 0 Å². The lowest BCUT2D eigenvalue weighted by Gasteiger charge is -1.99. The number of aryl methyl sites for hydroxylation is 1. The normalized spacial score (nSPS) is 11.4. The van der Waals surface area contributed by atoms with E-state index in [0.29, 0.717) is 0 Å². The molecular formula is C9H9N5OS2. The van der Waals surface area contributed by atoms with Crippen LogP contribution in [0.1, 0.15) is 5.69 Å². The van der Waals surface area contributed by atoms with Crippen LogP contribution >= 0.6 is 23.1 Å². The van der Waals surface area contributed by atoms with E-state index < -0.39 is 0 Å². The Hall–Kier alpha value is -1.38. The third-order valence-electron chi connectivity index (χ3n) is 2.33. The minimum absolute atomic E-state index is 0.0436. The van der Waals surface area contributed by atoms with E-state index in [1.807, 2.05) is 23.0 Å². The third-order valence-corrected chi connectivity index (χ3v) is 4.16. The number of nitrogens with zero attached hydrogens (tertiary/aromatic N) is 5. The fourth-order valence-corrected chi connectivity index (χ4v) is 3.16. The SMILES string of the molecule is Cn1ncnc1Sc1nc2sccn2c1CO. The van der Waals surface area contributed by atoms with Gasteiger partial charge >= 0.3 is 0 Å². The number of aliphatic hydroxyl groups is 1. The van der Waals surface area contributed by atoms with Gasteiger partial charge in [-0.25, -0.2) is 14.6 Å². The Morgan fingerprint density at radius 1 is 1.53 bits per heavy atom. The molecule has 0 amide bonds. The van der Waals surface area contributed by atoms with Crippen molar-refractivity contribution < 1.29 is 5.11 Å². The molecule has 3 rings (SSSR count). The molecule has 0 saturated carbocycles. The van der Waals surface area contributed by atoms with Crippen molar-refractivity contribution >= 4 is 28.1 Å². The molecule has 17 heavy (non-hydrogen) atoms. The Balaban J connectivity index is 2.05. The van der Waals surface area contributed by atoms with Gasteiger partial charge in [-0.1, -0.05) is 0 Å². The summed E-state index contributed by atoms with van der Waals surface area (Å²) in [6, 6.07) is 0. The Morgan fingerprint density at radius 3 is 3.12 bits per heavy atom. The second-order valence-electron chi connectivity index (χ2n) is 3.35. The molecular weight excluding hydrogens is 258 g/mol. The molecule has 0 saturated heterocycles. The number of hydrogen-bond donors (Lipinski definition) is 1. The summed E-state index contributed by atoms with van der Waals surface area (Å²) in [6.07, 6.45) is 3.40. The molecule has 0 unspecified atom stereocenters. The van der Waals surface area contributed by atoms with Crippen LogP contribution in [0.4, 0.5) is 0 Å². The fraction of sp³-hybridized carbons (Fsp3) is 0.222. The van der Waals surface area contributed by atoms with Gasteiger partial charge in [-0.15, -0.1) is 11.3 Å². The van der Waals surface area contributed by atoms with E-state index in [0.717, 1.165) is 20.8 Å². The fourth-order valence-electron chi connectivity index (χ4n) is 1.50. The van der Waals surface area contributed by atoms with Crippen molar-refractivity contribution in [2.45, 2.75) is 16.8 Å². The lowest BCUT2D eigenvalue weighted by molar-refractivity contribution is 0.272. The second kappa shape index (κ2) is 4.13. The maximum absolute atomic E-state index is 9.41. The van der Waals surface area contributed by atoms with Crippen molar-refractivity contribution in [1.82, 2.24) is 24.1 Å². The molecule has 88 valence electrons. The lowest BCUT2D eigenvalue weighted by atomic mass is 10.5. The van der Waals surface area contributed by atoms with E-state index in [-0.39, 0.29) is 6.61 Å². The van der Waals surface area contributed by atoms with Crippen LogP contribution in [0.15, 0.2) is 28.1 Å². The predicted octanol–water partition coefficient (Wildman–Crippen LogP) is 1.17. The van der Waals surface area contributed by atoms with Crippen molar-refractivity contribution in [3.8, 4) is 0 Å². The van der Waals surface area contributed by atoms with Crippen LogP contribution in [0.3, 0.4) is 0 Å². The highest BCUT2D eigenvalue weighted by atomic mass is 32.2. The molecule has 0 fully saturated rings. The summed E-state index contributed by atoms with van der Waals surface area (Å²) in [5, 5.41) is 16.9. The number of imidazole rings is 1. The van der Waals surface area contributed by atoms with Crippen molar-refractivity contribution in [3.63, 3.8) is 0 Å². The van der Waals surface area contributed by atoms with Crippen LogP contribution in [0.5, 0.6) is 0 Å². The maximum Gasteiger partial charge on any atom is 0.195 e. The maximum atomic E-state index is 9.41. The number of hydrogen-bond acceptors (Lipinski definition) is 6. The summed E-state index contributed by atoms with van der Waals surface area (Å²) in [7, 11) is 1.83. The topological polar surface area (TPSA) is 68.2 Å². The van der Waals surface area contributed by atoms with Gasteiger partial charge in [-0.05, 0) is 11.8 Å². The van der Waals surface area contributed by atoms with Gasteiger partial charge in [0.1, 0.15) is 11.4 Å². The van der Waals surface area contributed by atoms with E-state index in [2.05, 4.69) is 15.1 Å². The van der Waals surface area contributed by atoms with E-state index in [4.69, 9.17) is 0 Å². The zero-order valence-electron chi connectivity index (χ0n) is 8.94. The number of rotatable bonds is 3. The summed E-state index contributed by atoms with van der Waals surface area (Å²) >= 11 is 2.95. The van der Waals surface area contributed by atoms with Gasteiger partial charge in [0.05, 0.1) is 12.3 Å². The van der Waals surface area contributed by atoms with Crippen LogP contribution in [0, 0.1) is 0 Å². The number of aromatic nitrogens is 5. The number of aliphatic hydroxyl groups excluding tert-OH is 1. The zero-order valence-corrected chi connectivity index (χ0v) is 10.6.